The van der Waals surface area contributed by atoms with Crippen molar-refractivity contribution in [2.24, 2.45) is 5.92 Å². The molecule has 1 aromatic heterocycles. The van der Waals surface area contributed by atoms with E-state index in [4.69, 9.17) is 16.3 Å². The fraction of sp³-hybridized carbons (Fsp3) is 0.600. The number of carbonyl (C=O) groups is 1. The molecule has 0 atom stereocenters. The number of amides is 1. The lowest BCUT2D eigenvalue weighted by Gasteiger charge is -2.22. The molecule has 0 radical (unpaired) electrons. The molecule has 0 spiro atoms. The Morgan fingerprint density at radius 1 is 1.45 bits per heavy atom. The Morgan fingerprint density at radius 3 is 2.80 bits per heavy atom. The molecule has 1 aliphatic heterocycles. The van der Waals surface area contributed by atoms with E-state index in [0.717, 1.165) is 31.7 Å². The number of aromatic nitrogens is 1. The summed E-state index contributed by atoms with van der Waals surface area (Å²) in [6.45, 7) is 6.34. The van der Waals surface area contributed by atoms with E-state index >= 15 is 0 Å². The van der Waals surface area contributed by atoms with Crippen LogP contribution in [0.15, 0.2) is 12.1 Å². The highest BCUT2D eigenvalue weighted by atomic mass is 35.5. The molecule has 0 saturated carbocycles. The molecule has 110 valence electrons. The maximum atomic E-state index is 12.2. The smallest absolute Gasteiger partial charge is 0.251 e. The van der Waals surface area contributed by atoms with E-state index in [1.807, 2.05) is 19.9 Å². The monoisotopic (exact) mass is 296 g/mol. The van der Waals surface area contributed by atoms with Crippen molar-refractivity contribution in [1.82, 2.24) is 10.3 Å². The Hall–Kier alpha value is -1.13. The molecule has 0 aromatic carbocycles. The van der Waals surface area contributed by atoms with Crippen molar-refractivity contribution >= 4 is 17.5 Å². The van der Waals surface area contributed by atoms with Gasteiger partial charge in [-0.15, -0.1) is 0 Å². The number of halogens is 1. The summed E-state index contributed by atoms with van der Waals surface area (Å²) in [4.78, 5) is 16.4. The highest BCUT2D eigenvalue weighted by molar-refractivity contribution is 6.29. The Bertz CT molecular complexity index is 471. The Kier molecular flexibility index (Phi) is 5.38. The van der Waals surface area contributed by atoms with Crippen LogP contribution < -0.4 is 5.32 Å². The summed E-state index contributed by atoms with van der Waals surface area (Å²) in [6, 6.07) is 3.43. The lowest BCUT2D eigenvalue weighted by Crippen LogP contribution is -2.32. The van der Waals surface area contributed by atoms with Gasteiger partial charge in [-0.3, -0.25) is 4.79 Å². The van der Waals surface area contributed by atoms with Crippen LogP contribution in [0.25, 0.3) is 0 Å². The van der Waals surface area contributed by atoms with E-state index in [-0.39, 0.29) is 11.8 Å². The average Bonchev–Trinajstić information content (AvgIpc) is 2.45. The van der Waals surface area contributed by atoms with Crippen LogP contribution in [0, 0.1) is 5.92 Å². The van der Waals surface area contributed by atoms with Crippen molar-refractivity contribution in [3.63, 3.8) is 0 Å². The second kappa shape index (κ2) is 7.04. The summed E-state index contributed by atoms with van der Waals surface area (Å²) >= 11 is 5.98. The topological polar surface area (TPSA) is 51.2 Å². The molecule has 20 heavy (non-hydrogen) atoms. The van der Waals surface area contributed by atoms with Gasteiger partial charge in [-0.2, -0.15) is 0 Å². The summed E-state index contributed by atoms with van der Waals surface area (Å²) in [5, 5.41) is 3.35. The molecule has 1 saturated heterocycles. The molecular weight excluding hydrogens is 276 g/mol. The highest BCUT2D eigenvalue weighted by Crippen LogP contribution is 2.18. The predicted octanol–water partition coefficient (Wildman–Crippen LogP) is 3.01. The number of carbonyl (C=O) groups excluding carboxylic acids is 1. The molecule has 1 aliphatic rings. The first-order chi connectivity index (χ1) is 9.56. The van der Waals surface area contributed by atoms with E-state index < -0.39 is 0 Å². The summed E-state index contributed by atoms with van der Waals surface area (Å²) in [5.41, 5.74) is 1.43. The third kappa shape index (κ3) is 4.18. The lowest BCUT2D eigenvalue weighted by molar-refractivity contribution is 0.0642. The highest BCUT2D eigenvalue weighted by Gasteiger charge is 2.16. The first kappa shape index (κ1) is 15.3. The Morgan fingerprint density at radius 2 is 2.15 bits per heavy atom. The Labute approximate surface area is 124 Å². The van der Waals surface area contributed by atoms with Crippen molar-refractivity contribution in [2.75, 3.05) is 19.8 Å². The number of hydrogen-bond acceptors (Lipinski definition) is 3. The zero-order valence-electron chi connectivity index (χ0n) is 12.0. The molecule has 2 rings (SSSR count). The minimum Gasteiger partial charge on any atom is -0.381 e. The zero-order chi connectivity index (χ0) is 14.5. The molecule has 1 amide bonds. The lowest BCUT2D eigenvalue weighted by atomic mass is 10.0. The molecular formula is C15H21ClN2O2. The van der Waals surface area contributed by atoms with Crippen LogP contribution in [0.2, 0.25) is 5.15 Å². The number of rotatable bonds is 4. The molecule has 0 aliphatic carbocycles. The van der Waals surface area contributed by atoms with Crippen molar-refractivity contribution in [3.8, 4) is 0 Å². The predicted molar refractivity (Wildman–Crippen MR) is 79.2 cm³/mol. The molecule has 1 N–H and O–H groups in total. The van der Waals surface area contributed by atoms with Gasteiger partial charge in [-0.25, -0.2) is 4.98 Å². The van der Waals surface area contributed by atoms with Gasteiger partial charge in [0.1, 0.15) is 5.15 Å². The van der Waals surface area contributed by atoms with E-state index in [9.17, 15) is 4.79 Å². The summed E-state index contributed by atoms with van der Waals surface area (Å²) in [7, 11) is 0. The van der Waals surface area contributed by atoms with Crippen LogP contribution in [-0.4, -0.2) is 30.6 Å². The third-order valence-corrected chi connectivity index (χ3v) is 3.75. The number of ether oxygens (including phenoxy) is 1. The molecule has 4 nitrogen and oxygen atoms in total. The fourth-order valence-electron chi connectivity index (χ4n) is 2.23. The molecule has 2 heterocycles. The molecule has 5 heteroatoms. The van der Waals surface area contributed by atoms with Gasteiger partial charge in [0, 0.05) is 31.0 Å². The second-order valence-electron chi connectivity index (χ2n) is 5.52. The first-order valence-electron chi connectivity index (χ1n) is 7.09. The largest absolute Gasteiger partial charge is 0.381 e. The first-order valence-corrected chi connectivity index (χ1v) is 7.47. The zero-order valence-corrected chi connectivity index (χ0v) is 12.7. The van der Waals surface area contributed by atoms with Gasteiger partial charge in [0.25, 0.3) is 5.91 Å². The van der Waals surface area contributed by atoms with Crippen molar-refractivity contribution in [1.29, 1.82) is 0 Å². The maximum Gasteiger partial charge on any atom is 0.251 e. The van der Waals surface area contributed by atoms with E-state index in [1.54, 1.807) is 6.07 Å². The molecule has 1 aromatic rings. The molecule has 0 bridgehead atoms. The minimum atomic E-state index is -0.0808. The maximum absolute atomic E-state index is 12.2. The van der Waals surface area contributed by atoms with Crippen LogP contribution in [0.3, 0.4) is 0 Å². The van der Waals surface area contributed by atoms with Crippen molar-refractivity contribution < 1.29 is 9.53 Å². The van der Waals surface area contributed by atoms with Crippen LogP contribution in [0.5, 0.6) is 0 Å². The van der Waals surface area contributed by atoms with Gasteiger partial charge in [0.05, 0.1) is 0 Å². The second-order valence-corrected chi connectivity index (χ2v) is 5.91. The minimum absolute atomic E-state index is 0.0808. The number of pyridine rings is 1. The summed E-state index contributed by atoms with van der Waals surface area (Å²) < 4.78 is 5.31. The van der Waals surface area contributed by atoms with Gasteiger partial charge in [0.15, 0.2) is 0 Å². The van der Waals surface area contributed by atoms with Gasteiger partial charge in [-0.1, -0.05) is 25.4 Å². The fourth-order valence-corrected chi connectivity index (χ4v) is 2.45. The average molecular weight is 297 g/mol. The number of nitrogens with one attached hydrogen (secondary N) is 1. The van der Waals surface area contributed by atoms with Crippen LogP contribution >= 0.6 is 11.6 Å². The van der Waals surface area contributed by atoms with Gasteiger partial charge in [0.2, 0.25) is 0 Å². The summed E-state index contributed by atoms with van der Waals surface area (Å²) in [5.74, 6) is 0.674. The van der Waals surface area contributed by atoms with Gasteiger partial charge < -0.3 is 10.1 Å². The van der Waals surface area contributed by atoms with Crippen LogP contribution in [0.1, 0.15) is 48.7 Å². The van der Waals surface area contributed by atoms with Crippen LogP contribution in [-0.2, 0) is 4.74 Å². The van der Waals surface area contributed by atoms with Crippen molar-refractivity contribution in [2.45, 2.75) is 32.6 Å². The normalized spacial score (nSPS) is 16.4. The van der Waals surface area contributed by atoms with Crippen LogP contribution in [0.4, 0.5) is 0 Å². The van der Waals surface area contributed by atoms with E-state index in [1.165, 1.54) is 0 Å². The quantitative estimate of drug-likeness (QED) is 0.869. The number of hydrogen-bond donors (Lipinski definition) is 1. The van der Waals surface area contributed by atoms with E-state index in [2.05, 4.69) is 10.3 Å². The SMILES string of the molecule is CC(C)c1cc(C(=O)NCC2CCOCC2)cc(Cl)n1. The van der Waals surface area contributed by atoms with Crippen molar-refractivity contribution in [3.05, 3.63) is 28.5 Å². The number of nitrogens with zero attached hydrogens (tertiary/aromatic N) is 1. The standard InChI is InChI=1S/C15H21ClN2O2/c1-10(2)13-7-12(8-14(16)18-13)15(19)17-9-11-3-5-20-6-4-11/h7-8,10-11H,3-6,9H2,1-2H3,(H,17,19). The summed E-state index contributed by atoms with van der Waals surface area (Å²) in [6.07, 6.45) is 2.02. The molecule has 1 fully saturated rings. The van der Waals surface area contributed by atoms with E-state index in [0.29, 0.717) is 23.2 Å². The molecule has 0 unspecified atom stereocenters. The third-order valence-electron chi connectivity index (χ3n) is 3.56. The Balaban J connectivity index is 1.97. The van der Waals surface area contributed by atoms with Gasteiger partial charge >= 0.3 is 0 Å². The van der Waals surface area contributed by atoms with Gasteiger partial charge in [-0.05, 0) is 36.8 Å².